The zero-order chi connectivity index (χ0) is 16.8. The van der Waals surface area contributed by atoms with Crippen molar-refractivity contribution in [1.82, 2.24) is 5.32 Å². The van der Waals surface area contributed by atoms with E-state index in [0.29, 0.717) is 0 Å². The SMILES string of the molecule is N/C(=N/OCC(=O)N[C@H]1CCCc2ccccc21)c1ccccc1. The van der Waals surface area contributed by atoms with Crippen LogP contribution < -0.4 is 11.1 Å². The molecular weight excluding hydrogens is 302 g/mol. The first-order chi connectivity index (χ1) is 11.7. The molecule has 0 aliphatic heterocycles. The van der Waals surface area contributed by atoms with Gasteiger partial charge in [-0.05, 0) is 30.4 Å². The Morgan fingerprint density at radius 3 is 2.75 bits per heavy atom. The van der Waals surface area contributed by atoms with Crippen LogP contribution in [-0.2, 0) is 16.1 Å². The maximum atomic E-state index is 12.1. The fourth-order valence-corrected chi connectivity index (χ4v) is 2.96. The highest BCUT2D eigenvalue weighted by Gasteiger charge is 2.21. The number of fused-ring (bicyclic) bond motifs is 1. The summed E-state index contributed by atoms with van der Waals surface area (Å²) in [5.41, 5.74) is 9.09. The topological polar surface area (TPSA) is 76.7 Å². The van der Waals surface area contributed by atoms with E-state index in [2.05, 4.69) is 22.6 Å². The molecule has 5 nitrogen and oxygen atoms in total. The van der Waals surface area contributed by atoms with Gasteiger partial charge in [-0.25, -0.2) is 0 Å². The van der Waals surface area contributed by atoms with Crippen molar-refractivity contribution in [2.24, 2.45) is 10.9 Å². The number of hydrogen-bond acceptors (Lipinski definition) is 3. The fourth-order valence-electron chi connectivity index (χ4n) is 2.96. The number of carbonyl (C=O) groups excluding carboxylic acids is 1. The number of hydrogen-bond donors (Lipinski definition) is 2. The second kappa shape index (κ2) is 7.64. The molecule has 3 N–H and O–H groups in total. The van der Waals surface area contributed by atoms with Gasteiger partial charge in [-0.3, -0.25) is 4.79 Å². The van der Waals surface area contributed by atoms with Crippen molar-refractivity contribution in [2.75, 3.05) is 6.61 Å². The Balaban J connectivity index is 1.54. The molecule has 24 heavy (non-hydrogen) atoms. The number of amidine groups is 1. The lowest BCUT2D eigenvalue weighted by molar-refractivity contribution is -0.126. The van der Waals surface area contributed by atoms with Crippen molar-refractivity contribution in [2.45, 2.75) is 25.3 Å². The van der Waals surface area contributed by atoms with Crippen LogP contribution in [0.2, 0.25) is 0 Å². The Hall–Kier alpha value is -2.82. The standard InChI is InChI=1S/C19H21N3O2/c20-19(15-8-2-1-3-9-15)22-24-13-18(23)21-17-12-6-10-14-7-4-5-11-16(14)17/h1-5,7-9,11,17H,6,10,12-13H2,(H2,20,22)(H,21,23)/t17-/m0/s1. The van der Waals surface area contributed by atoms with E-state index in [1.165, 1.54) is 11.1 Å². The summed E-state index contributed by atoms with van der Waals surface area (Å²) in [7, 11) is 0. The highest BCUT2D eigenvalue weighted by atomic mass is 16.6. The number of nitrogens with one attached hydrogen (secondary N) is 1. The Morgan fingerprint density at radius 2 is 1.92 bits per heavy atom. The maximum absolute atomic E-state index is 12.1. The second-order valence-corrected chi connectivity index (χ2v) is 5.83. The van der Waals surface area contributed by atoms with E-state index in [4.69, 9.17) is 10.6 Å². The third-order valence-corrected chi connectivity index (χ3v) is 4.13. The Bertz CT molecular complexity index is 728. The summed E-state index contributed by atoms with van der Waals surface area (Å²) in [4.78, 5) is 17.2. The van der Waals surface area contributed by atoms with E-state index in [0.717, 1.165) is 24.8 Å². The molecule has 0 bridgehead atoms. The van der Waals surface area contributed by atoms with Gasteiger partial charge in [-0.2, -0.15) is 0 Å². The first kappa shape index (κ1) is 16.1. The van der Waals surface area contributed by atoms with Gasteiger partial charge >= 0.3 is 0 Å². The van der Waals surface area contributed by atoms with Gasteiger partial charge in [0.25, 0.3) is 5.91 Å². The number of carbonyl (C=O) groups is 1. The summed E-state index contributed by atoms with van der Waals surface area (Å²) in [6.07, 6.45) is 3.08. The van der Waals surface area contributed by atoms with Gasteiger partial charge in [0, 0.05) is 5.56 Å². The molecule has 0 radical (unpaired) electrons. The molecule has 5 heteroatoms. The van der Waals surface area contributed by atoms with Crippen molar-refractivity contribution in [1.29, 1.82) is 0 Å². The minimum Gasteiger partial charge on any atom is -0.384 e. The maximum Gasteiger partial charge on any atom is 0.261 e. The summed E-state index contributed by atoms with van der Waals surface area (Å²) < 4.78 is 0. The molecule has 124 valence electrons. The number of amides is 1. The van der Waals surface area contributed by atoms with E-state index in [1.54, 1.807) is 0 Å². The summed E-state index contributed by atoms with van der Waals surface area (Å²) in [6, 6.07) is 17.6. The molecule has 0 heterocycles. The van der Waals surface area contributed by atoms with Crippen LogP contribution in [0.3, 0.4) is 0 Å². The van der Waals surface area contributed by atoms with Crippen LogP contribution in [-0.4, -0.2) is 18.3 Å². The average Bonchev–Trinajstić information content (AvgIpc) is 2.63. The lowest BCUT2D eigenvalue weighted by Crippen LogP contribution is -2.33. The molecule has 0 saturated heterocycles. The minimum atomic E-state index is -0.193. The smallest absolute Gasteiger partial charge is 0.261 e. The first-order valence-corrected chi connectivity index (χ1v) is 8.12. The molecule has 2 aromatic carbocycles. The highest BCUT2D eigenvalue weighted by Crippen LogP contribution is 2.29. The summed E-state index contributed by atoms with van der Waals surface area (Å²) in [6.45, 7) is -0.147. The third kappa shape index (κ3) is 3.93. The molecule has 0 fully saturated rings. The van der Waals surface area contributed by atoms with Gasteiger partial charge in [-0.1, -0.05) is 59.8 Å². The third-order valence-electron chi connectivity index (χ3n) is 4.13. The molecule has 1 aliphatic carbocycles. The van der Waals surface area contributed by atoms with E-state index in [-0.39, 0.29) is 24.4 Å². The number of nitrogens with two attached hydrogens (primary N) is 1. The van der Waals surface area contributed by atoms with Crippen molar-refractivity contribution >= 4 is 11.7 Å². The van der Waals surface area contributed by atoms with Crippen molar-refractivity contribution < 1.29 is 9.63 Å². The van der Waals surface area contributed by atoms with Crippen LogP contribution in [0, 0.1) is 0 Å². The van der Waals surface area contributed by atoms with E-state index in [9.17, 15) is 4.79 Å². The number of nitrogens with zero attached hydrogens (tertiary/aromatic N) is 1. The number of rotatable bonds is 5. The van der Waals surface area contributed by atoms with Crippen LogP contribution >= 0.6 is 0 Å². The van der Waals surface area contributed by atoms with E-state index in [1.807, 2.05) is 42.5 Å². The molecule has 1 atom stereocenters. The highest BCUT2D eigenvalue weighted by molar-refractivity contribution is 5.97. The summed E-state index contributed by atoms with van der Waals surface area (Å²) in [5, 5.41) is 6.82. The van der Waals surface area contributed by atoms with Crippen LogP contribution in [0.4, 0.5) is 0 Å². The Labute approximate surface area is 141 Å². The van der Waals surface area contributed by atoms with Crippen LogP contribution in [0.5, 0.6) is 0 Å². The Kier molecular flexibility index (Phi) is 5.11. The van der Waals surface area contributed by atoms with Crippen molar-refractivity contribution in [3.63, 3.8) is 0 Å². The molecule has 1 amide bonds. The van der Waals surface area contributed by atoms with Crippen LogP contribution in [0.15, 0.2) is 59.8 Å². The van der Waals surface area contributed by atoms with Gasteiger partial charge < -0.3 is 15.9 Å². The van der Waals surface area contributed by atoms with Crippen molar-refractivity contribution in [3.8, 4) is 0 Å². The Morgan fingerprint density at radius 1 is 1.17 bits per heavy atom. The predicted octanol–water partition coefficient (Wildman–Crippen LogP) is 2.52. The summed E-state index contributed by atoms with van der Waals surface area (Å²) >= 11 is 0. The van der Waals surface area contributed by atoms with Crippen LogP contribution in [0.1, 0.15) is 35.6 Å². The molecule has 0 unspecified atom stereocenters. The lowest BCUT2D eigenvalue weighted by Gasteiger charge is -2.26. The second-order valence-electron chi connectivity index (χ2n) is 5.83. The number of aryl methyl sites for hydroxylation is 1. The van der Waals surface area contributed by atoms with E-state index < -0.39 is 0 Å². The van der Waals surface area contributed by atoms with E-state index >= 15 is 0 Å². The minimum absolute atomic E-state index is 0.0431. The molecule has 0 saturated carbocycles. The molecule has 0 spiro atoms. The predicted molar refractivity (Wildman–Crippen MR) is 93.4 cm³/mol. The van der Waals surface area contributed by atoms with Gasteiger partial charge in [0.05, 0.1) is 6.04 Å². The first-order valence-electron chi connectivity index (χ1n) is 8.12. The fraction of sp³-hybridized carbons (Fsp3) is 0.263. The molecular formula is C19H21N3O2. The van der Waals surface area contributed by atoms with Gasteiger partial charge in [0.1, 0.15) is 0 Å². The molecule has 0 aromatic heterocycles. The van der Waals surface area contributed by atoms with Gasteiger partial charge in [-0.15, -0.1) is 0 Å². The quantitative estimate of drug-likeness (QED) is 0.504. The monoisotopic (exact) mass is 323 g/mol. The largest absolute Gasteiger partial charge is 0.384 e. The number of benzene rings is 2. The normalized spacial score (nSPS) is 17.0. The zero-order valence-corrected chi connectivity index (χ0v) is 13.4. The van der Waals surface area contributed by atoms with Crippen LogP contribution in [0.25, 0.3) is 0 Å². The van der Waals surface area contributed by atoms with Gasteiger partial charge in [0.15, 0.2) is 12.4 Å². The van der Waals surface area contributed by atoms with Gasteiger partial charge in [0.2, 0.25) is 0 Å². The average molecular weight is 323 g/mol. The number of oxime groups is 1. The zero-order valence-electron chi connectivity index (χ0n) is 13.4. The lowest BCUT2D eigenvalue weighted by atomic mass is 9.88. The summed E-state index contributed by atoms with van der Waals surface area (Å²) in [5.74, 6) is 0.0627. The molecule has 2 aromatic rings. The molecule has 1 aliphatic rings. The van der Waals surface area contributed by atoms with Crippen molar-refractivity contribution in [3.05, 3.63) is 71.3 Å². The molecule has 3 rings (SSSR count).